The molecule has 1 heterocycles. The number of carbonyl (C=O) groups is 1. The van der Waals surface area contributed by atoms with Crippen LogP contribution < -0.4 is 5.73 Å². The predicted molar refractivity (Wildman–Crippen MR) is 103 cm³/mol. The van der Waals surface area contributed by atoms with Crippen molar-refractivity contribution in [2.45, 2.75) is 44.7 Å². The summed E-state index contributed by atoms with van der Waals surface area (Å²) in [6.07, 6.45) is 3.90. The quantitative estimate of drug-likeness (QED) is 0.885. The minimum atomic E-state index is -0.571. The fourth-order valence-corrected chi connectivity index (χ4v) is 3.71. The Bertz CT molecular complexity index is 539. The molecule has 0 spiro atoms. The van der Waals surface area contributed by atoms with E-state index < -0.39 is 5.54 Å². The second-order valence-electron chi connectivity index (χ2n) is 6.92. The van der Waals surface area contributed by atoms with Crippen molar-refractivity contribution in [3.8, 4) is 0 Å². The van der Waals surface area contributed by atoms with Gasteiger partial charge in [-0.1, -0.05) is 42.7 Å². The average molecular weight is 374 g/mol. The van der Waals surface area contributed by atoms with Crippen molar-refractivity contribution < 1.29 is 4.79 Å². The molecule has 0 unspecified atom stereocenters. The summed E-state index contributed by atoms with van der Waals surface area (Å²) >= 11 is 0. The Hall–Kier alpha value is -0.810. The van der Waals surface area contributed by atoms with Crippen LogP contribution in [0.1, 0.15) is 36.8 Å². The molecule has 4 nitrogen and oxygen atoms in total. The van der Waals surface area contributed by atoms with E-state index in [9.17, 15) is 4.79 Å². The normalized spacial score (nSPS) is 20.2. The summed E-state index contributed by atoms with van der Waals surface area (Å²) in [6, 6.07) is 8.66. The van der Waals surface area contributed by atoms with E-state index >= 15 is 0 Å². The highest BCUT2D eigenvalue weighted by molar-refractivity contribution is 5.86. The summed E-state index contributed by atoms with van der Waals surface area (Å²) in [5.41, 5.74) is 8.39. The smallest absolute Gasteiger partial charge is 0.242 e. The van der Waals surface area contributed by atoms with Gasteiger partial charge in [0.25, 0.3) is 0 Å². The van der Waals surface area contributed by atoms with Crippen LogP contribution in [0.4, 0.5) is 0 Å². The van der Waals surface area contributed by atoms with E-state index in [4.69, 9.17) is 5.73 Å². The van der Waals surface area contributed by atoms with Crippen LogP contribution >= 0.6 is 24.8 Å². The van der Waals surface area contributed by atoms with Gasteiger partial charge in [0, 0.05) is 32.7 Å². The van der Waals surface area contributed by atoms with E-state index in [2.05, 4.69) is 36.1 Å². The average Bonchev–Trinajstić information content (AvgIpc) is 2.95. The maximum absolute atomic E-state index is 12.6. The monoisotopic (exact) mass is 373 g/mol. The molecule has 1 aliphatic carbocycles. The van der Waals surface area contributed by atoms with Crippen LogP contribution in [0.15, 0.2) is 24.3 Å². The number of aryl methyl sites for hydroxylation is 1. The number of nitrogens with two attached hydrogens (primary N) is 1. The van der Waals surface area contributed by atoms with E-state index in [1.54, 1.807) is 0 Å². The maximum atomic E-state index is 12.6. The van der Waals surface area contributed by atoms with Crippen molar-refractivity contribution in [3.05, 3.63) is 35.4 Å². The highest BCUT2D eigenvalue weighted by Crippen LogP contribution is 2.29. The van der Waals surface area contributed by atoms with Crippen molar-refractivity contribution >= 4 is 30.7 Å². The van der Waals surface area contributed by atoms with Crippen LogP contribution in [0.25, 0.3) is 0 Å². The fraction of sp³-hybridized carbons (Fsp3) is 0.611. The SMILES string of the molecule is Cc1cccc(CN2CCN(C(=O)C3(N)CCCC3)CC2)c1.Cl.Cl. The predicted octanol–water partition coefficient (Wildman–Crippen LogP) is 2.75. The molecule has 2 N–H and O–H groups in total. The Labute approximate surface area is 157 Å². The van der Waals surface area contributed by atoms with Crippen molar-refractivity contribution in [1.82, 2.24) is 9.80 Å². The second kappa shape index (κ2) is 9.04. The lowest BCUT2D eigenvalue weighted by molar-refractivity contribution is -0.138. The van der Waals surface area contributed by atoms with Gasteiger partial charge in [0.1, 0.15) is 0 Å². The lowest BCUT2D eigenvalue weighted by Gasteiger charge is -2.38. The minimum Gasteiger partial charge on any atom is -0.339 e. The van der Waals surface area contributed by atoms with Crippen molar-refractivity contribution in [3.63, 3.8) is 0 Å². The number of rotatable bonds is 3. The van der Waals surface area contributed by atoms with Gasteiger partial charge in [0.15, 0.2) is 0 Å². The first kappa shape index (κ1) is 21.2. The molecule has 0 bridgehead atoms. The lowest BCUT2D eigenvalue weighted by atomic mass is 9.97. The Morgan fingerprint density at radius 1 is 1.12 bits per heavy atom. The van der Waals surface area contributed by atoms with Crippen LogP contribution in [0.5, 0.6) is 0 Å². The second-order valence-corrected chi connectivity index (χ2v) is 6.92. The van der Waals surface area contributed by atoms with Gasteiger partial charge in [-0.05, 0) is 25.3 Å². The maximum Gasteiger partial charge on any atom is 0.242 e. The summed E-state index contributed by atoms with van der Waals surface area (Å²) in [5, 5.41) is 0. The fourth-order valence-electron chi connectivity index (χ4n) is 3.71. The summed E-state index contributed by atoms with van der Waals surface area (Å²) in [4.78, 5) is 17.0. The molecule has 1 aromatic carbocycles. The number of hydrogen-bond acceptors (Lipinski definition) is 3. The molecule has 0 aromatic heterocycles. The molecule has 0 atom stereocenters. The Balaban J connectivity index is 0.00000144. The molecule has 24 heavy (non-hydrogen) atoms. The molecule has 1 saturated carbocycles. The van der Waals surface area contributed by atoms with Gasteiger partial charge in [0.2, 0.25) is 5.91 Å². The first-order valence-corrected chi connectivity index (χ1v) is 8.43. The summed E-state index contributed by atoms with van der Waals surface area (Å²) in [6.45, 7) is 6.60. The van der Waals surface area contributed by atoms with Gasteiger partial charge in [-0.25, -0.2) is 0 Å². The molecule has 1 amide bonds. The standard InChI is InChI=1S/C18H27N3O.2ClH/c1-15-5-4-6-16(13-15)14-20-9-11-21(12-10-20)17(22)18(19)7-2-3-8-18;;/h4-6,13H,2-3,7-12,14,19H2,1H3;2*1H. The molecule has 136 valence electrons. The number of hydrogen-bond donors (Lipinski definition) is 1. The molecule has 1 aliphatic heterocycles. The highest BCUT2D eigenvalue weighted by Gasteiger charge is 2.40. The van der Waals surface area contributed by atoms with Crippen molar-refractivity contribution in [1.29, 1.82) is 0 Å². The molecule has 0 radical (unpaired) electrons. The summed E-state index contributed by atoms with van der Waals surface area (Å²) in [5.74, 6) is 0.181. The molecule has 2 fully saturated rings. The van der Waals surface area contributed by atoms with E-state index in [0.717, 1.165) is 58.4 Å². The zero-order valence-corrected chi connectivity index (χ0v) is 16.0. The number of benzene rings is 1. The van der Waals surface area contributed by atoms with Gasteiger partial charge in [-0.3, -0.25) is 9.69 Å². The van der Waals surface area contributed by atoms with Crippen LogP contribution in [-0.2, 0) is 11.3 Å². The van der Waals surface area contributed by atoms with Gasteiger partial charge in [-0.2, -0.15) is 0 Å². The Kier molecular flexibility index (Phi) is 8.00. The van der Waals surface area contributed by atoms with E-state index in [0.29, 0.717) is 0 Å². The van der Waals surface area contributed by atoms with E-state index in [1.165, 1.54) is 11.1 Å². The molecule has 3 rings (SSSR count). The zero-order valence-electron chi connectivity index (χ0n) is 14.4. The third-order valence-electron chi connectivity index (χ3n) is 5.07. The van der Waals surface area contributed by atoms with Crippen LogP contribution in [0.3, 0.4) is 0 Å². The van der Waals surface area contributed by atoms with Gasteiger partial charge < -0.3 is 10.6 Å². The van der Waals surface area contributed by atoms with Crippen LogP contribution in [-0.4, -0.2) is 47.4 Å². The Morgan fingerprint density at radius 3 is 2.33 bits per heavy atom. The largest absolute Gasteiger partial charge is 0.339 e. The highest BCUT2D eigenvalue weighted by atomic mass is 35.5. The van der Waals surface area contributed by atoms with E-state index in [1.807, 2.05) is 4.90 Å². The molecular weight excluding hydrogens is 345 g/mol. The molecule has 1 saturated heterocycles. The molecular formula is C18H29Cl2N3O. The zero-order chi connectivity index (χ0) is 15.6. The molecule has 6 heteroatoms. The molecule has 2 aliphatic rings. The van der Waals surface area contributed by atoms with Gasteiger partial charge in [0.05, 0.1) is 5.54 Å². The molecule has 1 aromatic rings. The number of nitrogens with zero attached hydrogens (tertiary/aromatic N) is 2. The third kappa shape index (κ3) is 4.85. The number of amides is 1. The number of carbonyl (C=O) groups excluding carboxylic acids is 1. The van der Waals surface area contributed by atoms with Gasteiger partial charge in [-0.15, -0.1) is 24.8 Å². The third-order valence-corrected chi connectivity index (χ3v) is 5.07. The van der Waals surface area contributed by atoms with Gasteiger partial charge >= 0.3 is 0 Å². The first-order chi connectivity index (χ1) is 10.6. The summed E-state index contributed by atoms with van der Waals surface area (Å²) < 4.78 is 0. The topological polar surface area (TPSA) is 49.6 Å². The minimum absolute atomic E-state index is 0. The van der Waals surface area contributed by atoms with Crippen LogP contribution in [0, 0.1) is 6.92 Å². The van der Waals surface area contributed by atoms with E-state index in [-0.39, 0.29) is 30.7 Å². The van der Waals surface area contributed by atoms with Crippen LogP contribution in [0.2, 0.25) is 0 Å². The van der Waals surface area contributed by atoms with Crippen molar-refractivity contribution in [2.75, 3.05) is 26.2 Å². The first-order valence-electron chi connectivity index (χ1n) is 8.43. The van der Waals surface area contributed by atoms with Crippen molar-refractivity contribution in [2.24, 2.45) is 5.73 Å². The number of halogens is 2. The Morgan fingerprint density at radius 2 is 1.75 bits per heavy atom. The summed E-state index contributed by atoms with van der Waals surface area (Å²) in [7, 11) is 0. The lowest BCUT2D eigenvalue weighted by Crippen LogP contribution is -2.58. The number of piperazine rings is 1.